The van der Waals surface area contributed by atoms with E-state index >= 15 is 0 Å². The second-order valence-electron chi connectivity index (χ2n) is 4.82. The fraction of sp³-hybridized carbons (Fsp3) is 0.176. The summed E-state index contributed by atoms with van der Waals surface area (Å²) in [6.45, 7) is 0.529. The lowest BCUT2D eigenvalue weighted by molar-refractivity contribution is -0.118. The summed E-state index contributed by atoms with van der Waals surface area (Å²) < 4.78 is 0. The number of rotatable bonds is 1. The van der Waals surface area contributed by atoms with E-state index in [4.69, 9.17) is 0 Å². The van der Waals surface area contributed by atoms with Crippen molar-refractivity contribution >= 4 is 17.3 Å². The molecule has 0 saturated carbocycles. The zero-order chi connectivity index (χ0) is 13.9. The van der Waals surface area contributed by atoms with Crippen molar-refractivity contribution < 1.29 is 4.79 Å². The van der Waals surface area contributed by atoms with Crippen molar-refractivity contribution in [2.75, 3.05) is 18.5 Å². The lowest BCUT2D eigenvalue weighted by atomic mass is 9.99. The van der Waals surface area contributed by atoms with Crippen molar-refractivity contribution in [1.29, 1.82) is 0 Å². The third-order valence-electron chi connectivity index (χ3n) is 3.54. The SMILES string of the molecule is CN1C(=O)CCN=C(c2ccccc2)c2ccccc21. The Kier molecular flexibility index (Phi) is 3.33. The molecule has 0 unspecified atom stereocenters. The minimum atomic E-state index is 0.105. The summed E-state index contributed by atoms with van der Waals surface area (Å²) in [6, 6.07) is 18.0. The summed E-state index contributed by atoms with van der Waals surface area (Å²) in [5, 5.41) is 0. The summed E-state index contributed by atoms with van der Waals surface area (Å²) in [7, 11) is 1.83. The standard InChI is InChI=1S/C17H16N2O/c1-19-15-10-6-5-9-14(15)17(18-12-11-16(19)20)13-7-3-2-4-8-13/h2-10H,11-12H2,1H3. The van der Waals surface area contributed by atoms with Gasteiger partial charge in [-0.2, -0.15) is 0 Å². The normalized spacial score (nSPS) is 15.2. The molecule has 0 spiro atoms. The van der Waals surface area contributed by atoms with Crippen LogP contribution in [0.5, 0.6) is 0 Å². The summed E-state index contributed by atoms with van der Waals surface area (Å²) in [6.07, 6.45) is 0.446. The van der Waals surface area contributed by atoms with Crippen LogP contribution in [0, 0.1) is 0 Å². The minimum absolute atomic E-state index is 0.105. The van der Waals surface area contributed by atoms with Crippen molar-refractivity contribution in [1.82, 2.24) is 0 Å². The molecule has 0 aromatic heterocycles. The predicted octanol–water partition coefficient (Wildman–Crippen LogP) is 2.89. The minimum Gasteiger partial charge on any atom is -0.315 e. The molecule has 0 radical (unpaired) electrons. The number of para-hydroxylation sites is 1. The number of carbonyl (C=O) groups excluding carboxylic acids is 1. The number of hydrogen-bond donors (Lipinski definition) is 0. The molecule has 3 rings (SSSR count). The van der Waals surface area contributed by atoms with Crippen LogP contribution in [-0.2, 0) is 4.79 Å². The Morgan fingerprint density at radius 1 is 1.00 bits per heavy atom. The van der Waals surface area contributed by atoms with E-state index in [1.54, 1.807) is 4.90 Å². The van der Waals surface area contributed by atoms with Crippen LogP contribution < -0.4 is 4.90 Å². The van der Waals surface area contributed by atoms with Crippen LogP contribution >= 0.6 is 0 Å². The van der Waals surface area contributed by atoms with Gasteiger partial charge in [-0.25, -0.2) is 0 Å². The third kappa shape index (κ3) is 2.23. The molecule has 100 valence electrons. The molecule has 2 aromatic rings. The van der Waals surface area contributed by atoms with E-state index in [2.05, 4.69) is 17.1 Å². The second-order valence-corrected chi connectivity index (χ2v) is 4.82. The molecule has 1 aliphatic heterocycles. The average Bonchev–Trinajstić information content (AvgIpc) is 2.50. The van der Waals surface area contributed by atoms with Gasteiger partial charge in [0.2, 0.25) is 5.91 Å². The highest BCUT2D eigenvalue weighted by molar-refractivity contribution is 6.17. The lowest BCUT2D eigenvalue weighted by Crippen LogP contribution is -2.30. The van der Waals surface area contributed by atoms with Crippen LogP contribution in [0.3, 0.4) is 0 Å². The van der Waals surface area contributed by atoms with Crippen molar-refractivity contribution in [2.45, 2.75) is 6.42 Å². The molecule has 0 aliphatic carbocycles. The van der Waals surface area contributed by atoms with Gasteiger partial charge in [0.1, 0.15) is 0 Å². The Labute approximate surface area is 118 Å². The second kappa shape index (κ2) is 5.29. The summed E-state index contributed by atoms with van der Waals surface area (Å²) in [5.74, 6) is 0.105. The molecule has 0 atom stereocenters. The van der Waals surface area contributed by atoms with Gasteiger partial charge < -0.3 is 4.90 Å². The van der Waals surface area contributed by atoms with E-state index in [1.807, 2.05) is 49.5 Å². The van der Waals surface area contributed by atoms with Crippen LogP contribution in [0.4, 0.5) is 5.69 Å². The predicted molar refractivity (Wildman–Crippen MR) is 81.4 cm³/mol. The van der Waals surface area contributed by atoms with E-state index in [0.29, 0.717) is 13.0 Å². The maximum atomic E-state index is 12.0. The van der Waals surface area contributed by atoms with Gasteiger partial charge in [-0.15, -0.1) is 0 Å². The number of amides is 1. The fourth-order valence-corrected chi connectivity index (χ4v) is 2.46. The van der Waals surface area contributed by atoms with Crippen molar-refractivity contribution in [3.63, 3.8) is 0 Å². The van der Waals surface area contributed by atoms with E-state index < -0.39 is 0 Å². The molecule has 0 saturated heterocycles. The van der Waals surface area contributed by atoms with Gasteiger partial charge in [0.15, 0.2) is 0 Å². The van der Waals surface area contributed by atoms with Gasteiger partial charge in [-0.3, -0.25) is 9.79 Å². The molecular weight excluding hydrogens is 248 g/mol. The summed E-state index contributed by atoms with van der Waals surface area (Å²) in [5.41, 5.74) is 3.97. The molecule has 2 aromatic carbocycles. The molecule has 3 nitrogen and oxygen atoms in total. The Bertz CT molecular complexity index is 662. The first-order valence-electron chi connectivity index (χ1n) is 6.73. The van der Waals surface area contributed by atoms with Crippen LogP contribution in [-0.4, -0.2) is 25.2 Å². The van der Waals surface area contributed by atoms with E-state index in [9.17, 15) is 4.79 Å². The maximum Gasteiger partial charge on any atom is 0.228 e. The number of anilines is 1. The molecule has 0 bridgehead atoms. The number of benzene rings is 2. The molecule has 1 heterocycles. The van der Waals surface area contributed by atoms with Gasteiger partial charge in [0.25, 0.3) is 0 Å². The van der Waals surface area contributed by atoms with Gasteiger partial charge in [-0.05, 0) is 6.07 Å². The Morgan fingerprint density at radius 3 is 2.50 bits per heavy atom. The van der Waals surface area contributed by atoms with Gasteiger partial charge >= 0.3 is 0 Å². The van der Waals surface area contributed by atoms with Crippen LogP contribution in [0.25, 0.3) is 0 Å². The van der Waals surface area contributed by atoms with Crippen LogP contribution in [0.1, 0.15) is 17.5 Å². The molecule has 1 aliphatic rings. The summed E-state index contributed by atoms with van der Waals surface area (Å²) in [4.78, 5) is 18.4. The molecule has 0 fully saturated rings. The van der Waals surface area contributed by atoms with E-state index in [0.717, 1.165) is 22.5 Å². The molecule has 20 heavy (non-hydrogen) atoms. The average molecular weight is 264 g/mol. The van der Waals surface area contributed by atoms with Crippen LogP contribution in [0.2, 0.25) is 0 Å². The number of carbonyl (C=O) groups is 1. The largest absolute Gasteiger partial charge is 0.315 e. The molecule has 1 amide bonds. The number of aliphatic imine (C=N–C) groups is 1. The smallest absolute Gasteiger partial charge is 0.228 e. The Hall–Kier alpha value is -2.42. The molecule has 3 heteroatoms. The first kappa shape index (κ1) is 12.6. The first-order chi connectivity index (χ1) is 9.77. The maximum absolute atomic E-state index is 12.0. The molecule has 0 N–H and O–H groups in total. The highest BCUT2D eigenvalue weighted by atomic mass is 16.2. The first-order valence-corrected chi connectivity index (χ1v) is 6.73. The van der Waals surface area contributed by atoms with Gasteiger partial charge in [0.05, 0.1) is 11.4 Å². The number of nitrogens with zero attached hydrogens (tertiary/aromatic N) is 2. The zero-order valence-electron chi connectivity index (χ0n) is 11.4. The summed E-state index contributed by atoms with van der Waals surface area (Å²) >= 11 is 0. The lowest BCUT2D eigenvalue weighted by Gasteiger charge is -2.23. The van der Waals surface area contributed by atoms with Crippen molar-refractivity contribution in [2.24, 2.45) is 4.99 Å². The Balaban J connectivity index is 2.18. The highest BCUT2D eigenvalue weighted by Gasteiger charge is 2.20. The highest BCUT2D eigenvalue weighted by Crippen LogP contribution is 2.25. The van der Waals surface area contributed by atoms with Crippen LogP contribution in [0.15, 0.2) is 59.6 Å². The Morgan fingerprint density at radius 2 is 1.70 bits per heavy atom. The zero-order valence-corrected chi connectivity index (χ0v) is 11.4. The van der Waals surface area contributed by atoms with Gasteiger partial charge in [0, 0.05) is 31.1 Å². The third-order valence-corrected chi connectivity index (χ3v) is 3.54. The number of hydrogen-bond acceptors (Lipinski definition) is 2. The van der Waals surface area contributed by atoms with E-state index in [1.165, 1.54) is 0 Å². The topological polar surface area (TPSA) is 32.7 Å². The van der Waals surface area contributed by atoms with Gasteiger partial charge in [-0.1, -0.05) is 48.5 Å². The molecular formula is C17H16N2O. The van der Waals surface area contributed by atoms with Crippen molar-refractivity contribution in [3.05, 3.63) is 65.7 Å². The quantitative estimate of drug-likeness (QED) is 0.779. The number of fused-ring (bicyclic) bond motifs is 1. The van der Waals surface area contributed by atoms with E-state index in [-0.39, 0.29) is 5.91 Å². The van der Waals surface area contributed by atoms with Crippen molar-refractivity contribution in [3.8, 4) is 0 Å². The fourth-order valence-electron chi connectivity index (χ4n) is 2.46. The monoisotopic (exact) mass is 264 g/mol.